The van der Waals surface area contributed by atoms with Crippen molar-refractivity contribution in [1.29, 1.82) is 0 Å². The van der Waals surface area contributed by atoms with Crippen LogP contribution in [0.1, 0.15) is 16.7 Å². The Morgan fingerprint density at radius 2 is 1.76 bits per heavy atom. The first kappa shape index (κ1) is 18.6. The molecular weight excluding hydrogens is 316 g/mol. The van der Waals surface area contributed by atoms with Gasteiger partial charge in [0.15, 0.2) is 11.5 Å². The van der Waals surface area contributed by atoms with Crippen LogP contribution >= 0.6 is 0 Å². The smallest absolute Gasteiger partial charge is 0.317 e. The van der Waals surface area contributed by atoms with Crippen LogP contribution in [0.15, 0.2) is 42.5 Å². The van der Waals surface area contributed by atoms with Crippen molar-refractivity contribution < 1.29 is 14.3 Å². The number of urea groups is 1. The van der Waals surface area contributed by atoms with Crippen LogP contribution < -0.4 is 14.8 Å². The summed E-state index contributed by atoms with van der Waals surface area (Å²) in [5.41, 5.74) is 3.39. The van der Waals surface area contributed by atoms with Crippen molar-refractivity contribution in [2.24, 2.45) is 0 Å². The maximum atomic E-state index is 12.3. The number of carbonyl (C=O) groups is 1. The first-order chi connectivity index (χ1) is 12.1. The third kappa shape index (κ3) is 4.89. The molecule has 1 N–H and O–H groups in total. The number of nitrogens with one attached hydrogen (secondary N) is 1. The first-order valence-electron chi connectivity index (χ1n) is 8.30. The van der Waals surface area contributed by atoms with Crippen molar-refractivity contribution in [3.05, 3.63) is 59.2 Å². The van der Waals surface area contributed by atoms with E-state index in [1.54, 1.807) is 26.2 Å². The molecule has 0 spiro atoms. The number of aryl methyl sites for hydroxylation is 1. The van der Waals surface area contributed by atoms with E-state index < -0.39 is 0 Å². The highest BCUT2D eigenvalue weighted by Crippen LogP contribution is 2.31. The van der Waals surface area contributed by atoms with E-state index in [1.807, 2.05) is 30.3 Å². The molecule has 0 fully saturated rings. The summed E-state index contributed by atoms with van der Waals surface area (Å²) in [6, 6.07) is 13.8. The molecule has 2 rings (SSSR count). The minimum atomic E-state index is -0.113. The van der Waals surface area contributed by atoms with Gasteiger partial charge >= 0.3 is 6.03 Å². The lowest BCUT2D eigenvalue weighted by Crippen LogP contribution is -2.37. The number of rotatable bonds is 7. The predicted molar refractivity (Wildman–Crippen MR) is 99.3 cm³/mol. The summed E-state index contributed by atoms with van der Waals surface area (Å²) >= 11 is 0. The zero-order chi connectivity index (χ0) is 18.2. The fourth-order valence-corrected chi connectivity index (χ4v) is 2.74. The molecule has 2 amide bonds. The van der Waals surface area contributed by atoms with Gasteiger partial charge in [-0.3, -0.25) is 0 Å². The van der Waals surface area contributed by atoms with Gasteiger partial charge in [-0.15, -0.1) is 0 Å². The largest absolute Gasteiger partial charge is 0.493 e. The van der Waals surface area contributed by atoms with Crippen LogP contribution in [0.3, 0.4) is 0 Å². The number of nitrogens with zero attached hydrogens (tertiary/aromatic N) is 1. The highest BCUT2D eigenvalue weighted by Gasteiger charge is 2.14. The monoisotopic (exact) mass is 342 g/mol. The molecule has 0 aliphatic carbocycles. The number of para-hydroxylation sites is 1. The van der Waals surface area contributed by atoms with E-state index in [4.69, 9.17) is 9.47 Å². The van der Waals surface area contributed by atoms with Crippen molar-refractivity contribution in [2.45, 2.75) is 19.9 Å². The van der Waals surface area contributed by atoms with E-state index in [2.05, 4.69) is 24.4 Å². The van der Waals surface area contributed by atoms with Crippen molar-refractivity contribution in [1.82, 2.24) is 10.2 Å². The van der Waals surface area contributed by atoms with Crippen LogP contribution in [-0.4, -0.2) is 38.7 Å². The second kappa shape index (κ2) is 8.97. The molecule has 0 aliphatic heterocycles. The zero-order valence-electron chi connectivity index (χ0n) is 15.3. The van der Waals surface area contributed by atoms with Gasteiger partial charge in [0.2, 0.25) is 0 Å². The lowest BCUT2D eigenvalue weighted by atomic mass is 10.1. The summed E-state index contributed by atoms with van der Waals surface area (Å²) in [5, 5.41) is 2.96. The second-order valence-corrected chi connectivity index (χ2v) is 5.92. The molecular formula is C20H26N2O3. The van der Waals surface area contributed by atoms with Crippen LogP contribution in [0.4, 0.5) is 4.79 Å². The Bertz CT molecular complexity index is 716. The number of carbonyl (C=O) groups excluding carboxylic acids is 1. The summed E-state index contributed by atoms with van der Waals surface area (Å²) < 4.78 is 10.7. The van der Waals surface area contributed by atoms with Gasteiger partial charge < -0.3 is 19.7 Å². The fourth-order valence-electron chi connectivity index (χ4n) is 2.74. The molecule has 0 aromatic heterocycles. The summed E-state index contributed by atoms with van der Waals surface area (Å²) in [5.74, 6) is 1.32. The van der Waals surface area contributed by atoms with Crippen LogP contribution in [-0.2, 0) is 13.0 Å². The Balaban J connectivity index is 1.91. The number of methoxy groups -OCH3 is 2. The molecule has 0 saturated carbocycles. The Morgan fingerprint density at radius 1 is 1.04 bits per heavy atom. The third-order valence-electron chi connectivity index (χ3n) is 4.17. The highest BCUT2D eigenvalue weighted by molar-refractivity contribution is 5.74. The van der Waals surface area contributed by atoms with Crippen molar-refractivity contribution in [2.75, 3.05) is 27.8 Å². The minimum Gasteiger partial charge on any atom is -0.493 e. The summed E-state index contributed by atoms with van der Waals surface area (Å²) in [6.45, 7) is 3.12. The summed E-state index contributed by atoms with van der Waals surface area (Å²) in [7, 11) is 4.97. The van der Waals surface area contributed by atoms with E-state index in [0.717, 1.165) is 12.0 Å². The van der Waals surface area contributed by atoms with E-state index >= 15 is 0 Å². The molecule has 0 aliphatic rings. The molecule has 0 unspecified atom stereocenters. The molecule has 0 atom stereocenters. The number of hydrogen-bond donors (Lipinski definition) is 1. The molecule has 134 valence electrons. The zero-order valence-corrected chi connectivity index (χ0v) is 15.3. The van der Waals surface area contributed by atoms with Crippen LogP contribution in [0.5, 0.6) is 11.5 Å². The maximum Gasteiger partial charge on any atom is 0.317 e. The van der Waals surface area contributed by atoms with Crippen molar-refractivity contribution in [3.8, 4) is 11.5 Å². The maximum absolute atomic E-state index is 12.3. The summed E-state index contributed by atoms with van der Waals surface area (Å²) in [6.07, 6.45) is 0.814. The molecule has 5 heteroatoms. The third-order valence-corrected chi connectivity index (χ3v) is 4.17. The number of hydrogen-bond acceptors (Lipinski definition) is 3. The Labute approximate surface area is 149 Å². The normalized spacial score (nSPS) is 10.2. The molecule has 0 bridgehead atoms. The highest BCUT2D eigenvalue weighted by atomic mass is 16.5. The average Bonchev–Trinajstić information content (AvgIpc) is 2.62. The van der Waals surface area contributed by atoms with E-state index in [1.165, 1.54) is 11.1 Å². The van der Waals surface area contributed by atoms with Crippen LogP contribution in [0, 0.1) is 6.92 Å². The Morgan fingerprint density at radius 3 is 2.44 bits per heavy atom. The van der Waals surface area contributed by atoms with Gasteiger partial charge in [-0.05, 0) is 30.5 Å². The standard InChI is InChI=1S/C20H26N2O3/c1-15-8-5-6-9-16(15)12-13-21-20(23)22(2)14-17-10-7-11-18(24-3)19(17)25-4/h5-11H,12-14H2,1-4H3,(H,21,23). The van der Waals surface area contributed by atoms with Gasteiger partial charge in [0.05, 0.1) is 20.8 Å². The molecule has 0 radical (unpaired) electrons. The number of ether oxygens (including phenoxy) is 2. The van der Waals surface area contributed by atoms with Crippen molar-refractivity contribution >= 4 is 6.03 Å². The Hall–Kier alpha value is -2.69. The quantitative estimate of drug-likeness (QED) is 0.839. The molecule has 2 aromatic carbocycles. The minimum absolute atomic E-state index is 0.113. The topological polar surface area (TPSA) is 50.8 Å². The van der Waals surface area contributed by atoms with Gasteiger partial charge in [0, 0.05) is 19.2 Å². The average molecular weight is 342 g/mol. The first-order valence-corrected chi connectivity index (χ1v) is 8.30. The molecule has 0 saturated heterocycles. The van der Waals surface area contributed by atoms with Crippen molar-refractivity contribution in [3.63, 3.8) is 0 Å². The van der Waals surface area contributed by atoms with Gasteiger partial charge in [0.25, 0.3) is 0 Å². The van der Waals surface area contributed by atoms with E-state index in [0.29, 0.717) is 24.6 Å². The van der Waals surface area contributed by atoms with E-state index in [9.17, 15) is 4.79 Å². The summed E-state index contributed by atoms with van der Waals surface area (Å²) in [4.78, 5) is 14.0. The Kier molecular flexibility index (Phi) is 6.69. The van der Waals surface area contributed by atoms with Gasteiger partial charge in [-0.2, -0.15) is 0 Å². The molecule has 2 aromatic rings. The SMILES string of the molecule is COc1cccc(CN(C)C(=O)NCCc2ccccc2C)c1OC. The van der Waals surface area contributed by atoms with Gasteiger partial charge in [-0.25, -0.2) is 4.79 Å². The second-order valence-electron chi connectivity index (χ2n) is 5.92. The lowest BCUT2D eigenvalue weighted by molar-refractivity contribution is 0.206. The number of amides is 2. The van der Waals surface area contributed by atoms with E-state index in [-0.39, 0.29) is 6.03 Å². The van der Waals surface area contributed by atoms with Crippen LogP contribution in [0.25, 0.3) is 0 Å². The van der Waals surface area contributed by atoms with Gasteiger partial charge in [0.1, 0.15) is 0 Å². The lowest BCUT2D eigenvalue weighted by Gasteiger charge is -2.20. The number of benzene rings is 2. The van der Waals surface area contributed by atoms with Crippen LogP contribution in [0.2, 0.25) is 0 Å². The predicted octanol–water partition coefficient (Wildman–Crippen LogP) is 3.40. The molecule has 25 heavy (non-hydrogen) atoms. The molecule has 0 heterocycles. The molecule has 5 nitrogen and oxygen atoms in total. The van der Waals surface area contributed by atoms with Gasteiger partial charge in [-0.1, -0.05) is 36.4 Å². The fraction of sp³-hybridized carbons (Fsp3) is 0.350.